The largest absolute Gasteiger partial charge is 0.491 e. The second-order valence-electron chi connectivity index (χ2n) is 6.74. The van der Waals surface area contributed by atoms with Gasteiger partial charge in [-0.25, -0.2) is 0 Å². The highest BCUT2D eigenvalue weighted by Crippen LogP contribution is 2.26. The Morgan fingerprint density at radius 1 is 1.14 bits per heavy atom. The summed E-state index contributed by atoms with van der Waals surface area (Å²) in [7, 11) is 2.96. The van der Waals surface area contributed by atoms with Gasteiger partial charge in [-0.1, -0.05) is 36.4 Å². The van der Waals surface area contributed by atoms with Crippen LogP contribution in [0.3, 0.4) is 0 Å². The lowest BCUT2D eigenvalue weighted by molar-refractivity contribution is -0.150. The summed E-state index contributed by atoms with van der Waals surface area (Å²) >= 11 is 0. The topological polar surface area (TPSA) is 106 Å². The van der Waals surface area contributed by atoms with Crippen molar-refractivity contribution in [3.05, 3.63) is 54.1 Å². The number of likely N-dealkylation sites (N-methyl/N-ethyl adjacent to an activating group) is 1. The van der Waals surface area contributed by atoms with Crippen LogP contribution in [0, 0.1) is 11.3 Å². The van der Waals surface area contributed by atoms with Gasteiger partial charge in [-0.3, -0.25) is 15.0 Å². The van der Waals surface area contributed by atoms with Crippen LogP contribution in [0.4, 0.5) is 0 Å². The molecule has 1 amide bonds. The van der Waals surface area contributed by atoms with Crippen molar-refractivity contribution in [3.8, 4) is 16.9 Å². The van der Waals surface area contributed by atoms with Gasteiger partial charge in [0.2, 0.25) is 5.91 Å². The minimum atomic E-state index is -0.746. The zero-order valence-corrected chi connectivity index (χ0v) is 17.1. The number of amidine groups is 1. The summed E-state index contributed by atoms with van der Waals surface area (Å²) in [6, 6.07) is 14.9. The molecule has 7 nitrogen and oxygen atoms in total. The molecule has 1 heterocycles. The maximum atomic E-state index is 12.1. The molecular weight excluding hydrogens is 394 g/mol. The van der Waals surface area contributed by atoms with Crippen molar-refractivity contribution in [1.82, 2.24) is 4.90 Å². The molecule has 154 valence electrons. The van der Waals surface area contributed by atoms with Crippen LogP contribution < -0.4 is 10.5 Å². The number of likely N-dealkylation sites (tertiary alicyclic amines) is 1. The minimum Gasteiger partial charge on any atom is -0.491 e. The molecule has 2 atom stereocenters. The van der Waals surface area contributed by atoms with E-state index in [9.17, 15) is 9.59 Å². The molecule has 0 radical (unpaired) electrons. The second-order valence-corrected chi connectivity index (χ2v) is 6.74. The van der Waals surface area contributed by atoms with Crippen LogP contribution in [0.5, 0.6) is 5.75 Å². The summed E-state index contributed by atoms with van der Waals surface area (Å²) in [4.78, 5) is 25.4. The van der Waals surface area contributed by atoms with Gasteiger partial charge in [0, 0.05) is 12.6 Å². The second kappa shape index (κ2) is 9.43. The third-order valence-corrected chi connectivity index (χ3v) is 5.01. The number of esters is 1. The van der Waals surface area contributed by atoms with Crippen LogP contribution in [0.15, 0.2) is 48.5 Å². The molecule has 0 saturated carbocycles. The van der Waals surface area contributed by atoms with E-state index in [2.05, 4.69) is 0 Å². The van der Waals surface area contributed by atoms with Gasteiger partial charge in [-0.2, -0.15) is 0 Å². The van der Waals surface area contributed by atoms with Crippen molar-refractivity contribution in [2.45, 2.75) is 12.5 Å². The smallest absolute Gasteiger partial charge is 0.318 e. The number of nitrogens with zero attached hydrogens (tertiary/aromatic N) is 1. The van der Waals surface area contributed by atoms with Crippen LogP contribution in [0.1, 0.15) is 12.0 Å². The van der Waals surface area contributed by atoms with E-state index in [1.54, 1.807) is 11.9 Å². The van der Waals surface area contributed by atoms with Crippen LogP contribution in [0.2, 0.25) is 0 Å². The third kappa shape index (κ3) is 4.86. The normalized spacial score (nSPS) is 18.1. The Hall–Kier alpha value is -3.06. The molecule has 3 rings (SSSR count). The molecule has 0 unspecified atom stereocenters. The summed E-state index contributed by atoms with van der Waals surface area (Å²) < 4.78 is 10.5. The first-order valence-electron chi connectivity index (χ1n) is 8.93. The molecular formula is C21H24ClN3O4. The highest BCUT2D eigenvalue weighted by Gasteiger charge is 2.42. The van der Waals surface area contributed by atoms with Gasteiger partial charge in [-0.15, -0.1) is 12.4 Å². The van der Waals surface area contributed by atoms with Gasteiger partial charge < -0.3 is 20.1 Å². The quantitative estimate of drug-likeness (QED) is 0.325. The molecule has 29 heavy (non-hydrogen) atoms. The van der Waals surface area contributed by atoms with E-state index in [1.807, 2.05) is 48.5 Å². The zero-order chi connectivity index (χ0) is 20.3. The molecule has 1 saturated heterocycles. The van der Waals surface area contributed by atoms with Gasteiger partial charge >= 0.3 is 5.97 Å². The van der Waals surface area contributed by atoms with Crippen molar-refractivity contribution in [2.24, 2.45) is 11.7 Å². The number of ether oxygens (including phenoxy) is 2. The summed E-state index contributed by atoms with van der Waals surface area (Å²) in [6.45, 7) is 0.308. The number of benzene rings is 2. The van der Waals surface area contributed by atoms with E-state index in [1.165, 1.54) is 7.11 Å². The Labute approximate surface area is 175 Å². The Morgan fingerprint density at radius 2 is 1.69 bits per heavy atom. The van der Waals surface area contributed by atoms with Gasteiger partial charge in [0.25, 0.3) is 0 Å². The SMILES string of the molecule is COC(=O)[C@@H]1C[C@@H](COc2ccc(-c3ccc(C(=N)N)cc3)cc2)N(C)C1=O.Cl. The van der Waals surface area contributed by atoms with Crippen LogP contribution in [-0.4, -0.2) is 49.4 Å². The maximum absolute atomic E-state index is 12.1. The fourth-order valence-electron chi connectivity index (χ4n) is 3.25. The van der Waals surface area contributed by atoms with Crippen LogP contribution in [-0.2, 0) is 14.3 Å². The molecule has 3 N–H and O–H groups in total. The van der Waals surface area contributed by atoms with E-state index >= 15 is 0 Å². The minimum absolute atomic E-state index is 0. The van der Waals surface area contributed by atoms with Crippen LogP contribution >= 0.6 is 12.4 Å². The van der Waals surface area contributed by atoms with Gasteiger partial charge in [0.1, 0.15) is 24.1 Å². The molecule has 2 aromatic rings. The number of nitrogen functional groups attached to an aromatic ring is 1. The van der Waals surface area contributed by atoms with Gasteiger partial charge in [0.05, 0.1) is 13.2 Å². The number of rotatable bonds is 6. The number of carbonyl (C=O) groups is 2. The molecule has 1 aliphatic heterocycles. The molecule has 0 bridgehead atoms. The first-order valence-corrected chi connectivity index (χ1v) is 8.93. The van der Waals surface area contributed by atoms with Gasteiger partial charge in [0.15, 0.2) is 0 Å². The predicted octanol–water partition coefficient (Wildman–Crippen LogP) is 2.46. The fourth-order valence-corrected chi connectivity index (χ4v) is 3.25. The molecule has 0 aliphatic carbocycles. The van der Waals surface area contributed by atoms with Crippen molar-refractivity contribution < 1.29 is 19.1 Å². The van der Waals surface area contributed by atoms with E-state index < -0.39 is 11.9 Å². The molecule has 1 fully saturated rings. The lowest BCUT2D eigenvalue weighted by Crippen LogP contribution is -2.34. The van der Waals surface area contributed by atoms with E-state index in [4.69, 9.17) is 20.6 Å². The van der Waals surface area contributed by atoms with E-state index in [0.717, 1.165) is 11.1 Å². The monoisotopic (exact) mass is 417 g/mol. The third-order valence-electron chi connectivity index (χ3n) is 5.01. The number of methoxy groups -OCH3 is 1. The Bertz CT molecular complexity index is 884. The molecule has 1 aliphatic rings. The average molecular weight is 418 g/mol. The number of nitrogens with two attached hydrogens (primary N) is 1. The average Bonchev–Trinajstić information content (AvgIpc) is 3.00. The van der Waals surface area contributed by atoms with Crippen molar-refractivity contribution >= 4 is 30.1 Å². The number of carbonyl (C=O) groups excluding carboxylic acids is 2. The molecule has 0 aromatic heterocycles. The maximum Gasteiger partial charge on any atom is 0.318 e. The lowest BCUT2D eigenvalue weighted by Gasteiger charge is -2.20. The zero-order valence-electron chi connectivity index (χ0n) is 16.3. The van der Waals surface area contributed by atoms with Crippen molar-refractivity contribution in [3.63, 3.8) is 0 Å². The number of amides is 1. The predicted molar refractivity (Wildman–Crippen MR) is 112 cm³/mol. The first-order chi connectivity index (χ1) is 13.4. The Kier molecular flexibility index (Phi) is 7.23. The lowest BCUT2D eigenvalue weighted by atomic mass is 10.0. The fraction of sp³-hybridized carbons (Fsp3) is 0.286. The number of halogens is 1. The van der Waals surface area contributed by atoms with Crippen molar-refractivity contribution in [1.29, 1.82) is 5.41 Å². The number of hydrogen-bond donors (Lipinski definition) is 2. The number of nitrogens with one attached hydrogen (secondary N) is 1. The Morgan fingerprint density at radius 3 is 2.21 bits per heavy atom. The number of hydrogen-bond acceptors (Lipinski definition) is 5. The van der Waals surface area contributed by atoms with Crippen molar-refractivity contribution in [2.75, 3.05) is 20.8 Å². The molecule has 0 spiro atoms. The Balaban J connectivity index is 0.00000300. The molecule has 2 aromatic carbocycles. The van der Waals surface area contributed by atoms with E-state index in [0.29, 0.717) is 24.3 Å². The summed E-state index contributed by atoms with van der Waals surface area (Å²) in [5.41, 5.74) is 8.19. The van der Waals surface area contributed by atoms with Crippen LogP contribution in [0.25, 0.3) is 11.1 Å². The van der Waals surface area contributed by atoms with Gasteiger partial charge in [-0.05, 0) is 29.7 Å². The summed E-state index contributed by atoms with van der Waals surface area (Å²) in [6.07, 6.45) is 0.391. The molecule has 8 heteroatoms. The first kappa shape index (κ1) is 22.2. The standard InChI is InChI=1S/C21H23N3O4.ClH/c1-24-16(11-18(20(24)25)21(26)27-2)12-28-17-9-7-14(8-10-17)13-3-5-15(6-4-13)19(22)23;/h3-10,16,18H,11-12H2,1-2H3,(H3,22,23);1H/t16-,18+;/m0./s1. The highest BCUT2D eigenvalue weighted by atomic mass is 35.5. The van der Waals surface area contributed by atoms with E-state index in [-0.39, 0.29) is 30.2 Å². The summed E-state index contributed by atoms with van der Waals surface area (Å²) in [5.74, 6) is -0.750. The summed E-state index contributed by atoms with van der Waals surface area (Å²) in [5, 5.41) is 7.44. The highest BCUT2D eigenvalue weighted by molar-refractivity contribution is 5.99.